The van der Waals surface area contributed by atoms with E-state index in [-0.39, 0.29) is 0 Å². The Morgan fingerprint density at radius 1 is 1.14 bits per heavy atom. The third-order valence-corrected chi connectivity index (χ3v) is 5.55. The lowest BCUT2D eigenvalue weighted by Gasteiger charge is -2.32. The van der Waals surface area contributed by atoms with Gasteiger partial charge in [0.15, 0.2) is 0 Å². The second kappa shape index (κ2) is 7.41. The summed E-state index contributed by atoms with van der Waals surface area (Å²) in [5.74, 6) is 2.43. The smallest absolute Gasteiger partial charge is 0.0550 e. The molecule has 3 unspecified atom stereocenters. The van der Waals surface area contributed by atoms with Gasteiger partial charge in [0.2, 0.25) is 0 Å². The molecular weight excluding hydrogens is 286 g/mol. The van der Waals surface area contributed by atoms with E-state index in [1.165, 1.54) is 22.7 Å². The van der Waals surface area contributed by atoms with Crippen molar-refractivity contribution in [3.63, 3.8) is 0 Å². The first-order chi connectivity index (χ1) is 10.7. The van der Waals surface area contributed by atoms with Crippen molar-refractivity contribution in [2.24, 2.45) is 17.8 Å². The molecule has 0 radical (unpaired) electrons. The van der Waals surface area contributed by atoms with Crippen molar-refractivity contribution in [3.05, 3.63) is 47.0 Å². The van der Waals surface area contributed by atoms with E-state index in [1.54, 1.807) is 4.91 Å². The van der Waals surface area contributed by atoms with Crippen LogP contribution in [-0.4, -0.2) is 7.05 Å². The van der Waals surface area contributed by atoms with Crippen LogP contribution >= 0.6 is 11.8 Å². The number of nitrogens with zero attached hydrogens (tertiary/aromatic N) is 1. The summed E-state index contributed by atoms with van der Waals surface area (Å²) in [6, 6.07) is 8.71. The van der Waals surface area contributed by atoms with E-state index >= 15 is 0 Å². The number of fused-ring (bicyclic) bond motifs is 3. The van der Waals surface area contributed by atoms with E-state index in [9.17, 15) is 0 Å². The second-order valence-corrected chi connectivity index (χ2v) is 6.99. The van der Waals surface area contributed by atoms with Crippen molar-refractivity contribution in [1.29, 1.82) is 0 Å². The Morgan fingerprint density at radius 2 is 1.77 bits per heavy atom. The summed E-state index contributed by atoms with van der Waals surface area (Å²) in [5, 5.41) is 0. The molecule has 2 heteroatoms. The van der Waals surface area contributed by atoms with Gasteiger partial charge in [0.1, 0.15) is 0 Å². The van der Waals surface area contributed by atoms with Crippen LogP contribution in [0.5, 0.6) is 0 Å². The van der Waals surface area contributed by atoms with Gasteiger partial charge in [-0.15, -0.1) is 0 Å². The summed E-state index contributed by atoms with van der Waals surface area (Å²) in [6.07, 6.45) is 5.97. The van der Waals surface area contributed by atoms with Gasteiger partial charge in [-0.3, -0.25) is 0 Å². The van der Waals surface area contributed by atoms with E-state index in [4.69, 9.17) is 0 Å². The molecule has 0 amide bonds. The summed E-state index contributed by atoms with van der Waals surface area (Å²) in [4.78, 5) is 5.34. The summed E-state index contributed by atoms with van der Waals surface area (Å²) < 4.78 is 0. The highest BCUT2D eigenvalue weighted by molar-refractivity contribution is 8.03. The molecule has 0 saturated heterocycles. The number of likely N-dealkylation sites (N-methyl/N-ethyl adjacent to an activating group) is 1. The predicted molar refractivity (Wildman–Crippen MR) is 100 cm³/mol. The number of hydrogen-bond donors (Lipinski definition) is 0. The quantitative estimate of drug-likeness (QED) is 0.550. The number of allylic oxidation sites excluding steroid dienone is 3. The highest BCUT2D eigenvalue weighted by Gasteiger charge is 2.51. The maximum atomic E-state index is 2.40. The minimum absolute atomic E-state index is 0.788. The molecule has 2 aliphatic carbocycles. The van der Waals surface area contributed by atoms with Crippen molar-refractivity contribution in [2.45, 2.75) is 45.9 Å². The van der Waals surface area contributed by atoms with E-state index in [0.29, 0.717) is 0 Å². The lowest BCUT2D eigenvalue weighted by Crippen LogP contribution is -2.22. The number of hydrogen-bond acceptors (Lipinski definition) is 2. The molecule has 120 valence electrons. The van der Waals surface area contributed by atoms with Crippen LogP contribution in [0, 0.1) is 17.8 Å². The van der Waals surface area contributed by atoms with Gasteiger partial charge in [-0.2, -0.15) is 0 Å². The van der Waals surface area contributed by atoms with Crippen LogP contribution < -0.4 is 4.90 Å². The first-order valence-corrected chi connectivity index (χ1v) is 9.43. The third kappa shape index (κ3) is 2.99. The molecule has 0 N–H and O–H groups in total. The van der Waals surface area contributed by atoms with Gasteiger partial charge in [0.05, 0.1) is 11.4 Å². The van der Waals surface area contributed by atoms with Crippen molar-refractivity contribution in [3.8, 4) is 0 Å². The van der Waals surface area contributed by atoms with Crippen LogP contribution in [0.2, 0.25) is 0 Å². The highest BCUT2D eigenvalue weighted by Crippen LogP contribution is 2.61. The number of rotatable bonds is 0. The van der Waals surface area contributed by atoms with Crippen molar-refractivity contribution >= 4 is 17.4 Å². The Labute approximate surface area is 140 Å². The standard InChI is InChI=1S/C15H15NS.C3H8.C2H6/c1-9-10-7-8-12-15(14(9)10)17-13-6-4-3-5-11(13)16(12)2;1-3-2;1-2/h3-10,14H,1-2H3;3H2,1-2H3;1-2H3. The molecule has 1 heterocycles. The molecular formula is C20H29NS. The van der Waals surface area contributed by atoms with Gasteiger partial charge in [-0.05, 0) is 30.0 Å². The summed E-state index contributed by atoms with van der Waals surface area (Å²) in [7, 11) is 2.19. The molecule has 3 atom stereocenters. The van der Waals surface area contributed by atoms with Gasteiger partial charge in [0.25, 0.3) is 0 Å². The molecule has 0 bridgehead atoms. The maximum Gasteiger partial charge on any atom is 0.0550 e. The zero-order valence-electron chi connectivity index (χ0n) is 14.8. The first-order valence-electron chi connectivity index (χ1n) is 8.62. The number of anilines is 1. The van der Waals surface area contributed by atoms with Crippen molar-refractivity contribution in [2.75, 3.05) is 11.9 Å². The average molecular weight is 316 g/mol. The van der Waals surface area contributed by atoms with Crippen LogP contribution in [-0.2, 0) is 0 Å². The normalized spacial score (nSPS) is 26.6. The highest BCUT2D eigenvalue weighted by atomic mass is 32.2. The van der Waals surface area contributed by atoms with Crippen LogP contribution in [0.25, 0.3) is 0 Å². The molecule has 22 heavy (non-hydrogen) atoms. The molecule has 1 aromatic rings. The van der Waals surface area contributed by atoms with Crippen molar-refractivity contribution in [1.82, 2.24) is 0 Å². The van der Waals surface area contributed by atoms with Crippen LogP contribution in [0.3, 0.4) is 0 Å². The minimum atomic E-state index is 0.788. The molecule has 0 aromatic heterocycles. The molecule has 1 aliphatic heterocycles. The minimum Gasteiger partial charge on any atom is -0.343 e. The Kier molecular flexibility index (Phi) is 5.80. The molecule has 1 nitrogen and oxygen atoms in total. The summed E-state index contributed by atoms with van der Waals surface area (Å²) >= 11 is 1.98. The molecule has 4 rings (SSSR count). The zero-order valence-corrected chi connectivity index (χ0v) is 15.6. The first kappa shape index (κ1) is 17.2. The van der Waals surface area contributed by atoms with Crippen LogP contribution in [0.15, 0.2) is 51.9 Å². The van der Waals surface area contributed by atoms with Crippen LogP contribution in [0.4, 0.5) is 5.69 Å². The third-order valence-electron chi connectivity index (χ3n) is 4.29. The van der Waals surface area contributed by atoms with E-state index in [0.717, 1.165) is 17.8 Å². The number of thioether (sulfide) groups is 1. The van der Waals surface area contributed by atoms with Gasteiger partial charge in [-0.25, -0.2) is 0 Å². The van der Waals surface area contributed by atoms with Crippen LogP contribution in [0.1, 0.15) is 41.0 Å². The maximum absolute atomic E-state index is 2.40. The molecule has 1 fully saturated rings. The SMILES string of the molecule is CC.CC1C2C=CC3=C(Sc4ccccc4N3C)C12.CCC. The summed E-state index contributed by atoms with van der Waals surface area (Å²) in [5.41, 5.74) is 2.76. The fraction of sp³-hybridized carbons (Fsp3) is 0.500. The van der Waals surface area contributed by atoms with E-state index < -0.39 is 0 Å². The molecule has 3 aliphatic rings. The Bertz CT molecular complexity index is 573. The Morgan fingerprint density at radius 3 is 2.45 bits per heavy atom. The lowest BCUT2D eigenvalue weighted by molar-refractivity contribution is 0.874. The monoisotopic (exact) mass is 315 g/mol. The fourth-order valence-electron chi connectivity index (χ4n) is 3.12. The fourth-order valence-corrected chi connectivity index (χ4v) is 4.63. The largest absolute Gasteiger partial charge is 0.343 e. The number of para-hydroxylation sites is 1. The Balaban J connectivity index is 0.000000319. The van der Waals surface area contributed by atoms with Gasteiger partial charge >= 0.3 is 0 Å². The second-order valence-electron chi connectivity index (χ2n) is 5.91. The predicted octanol–water partition coefficient (Wildman–Crippen LogP) is 6.33. The van der Waals surface area contributed by atoms with E-state index in [1.807, 2.05) is 25.6 Å². The van der Waals surface area contributed by atoms with E-state index in [2.05, 4.69) is 69.1 Å². The van der Waals surface area contributed by atoms with Gasteiger partial charge < -0.3 is 4.90 Å². The Hall–Kier alpha value is -1.15. The molecule has 1 saturated carbocycles. The average Bonchev–Trinajstić information content (AvgIpc) is 3.22. The summed E-state index contributed by atoms with van der Waals surface area (Å²) in [6.45, 7) is 10.6. The lowest BCUT2D eigenvalue weighted by atomic mass is 10.1. The topological polar surface area (TPSA) is 3.24 Å². The van der Waals surface area contributed by atoms with Gasteiger partial charge in [-0.1, -0.05) is 71.0 Å². The number of benzene rings is 1. The molecule has 0 spiro atoms. The van der Waals surface area contributed by atoms with Gasteiger partial charge in [0, 0.05) is 22.8 Å². The zero-order chi connectivity index (χ0) is 16.3. The molecule has 1 aromatic carbocycles. The van der Waals surface area contributed by atoms with Crippen molar-refractivity contribution < 1.29 is 0 Å².